The first-order valence-electron chi connectivity index (χ1n) is 6.52. The molecule has 6 heteroatoms. The van der Waals surface area contributed by atoms with Crippen molar-refractivity contribution in [2.24, 2.45) is 0 Å². The Morgan fingerprint density at radius 3 is 2.70 bits per heavy atom. The zero-order valence-electron chi connectivity index (χ0n) is 11.5. The van der Waals surface area contributed by atoms with Crippen LogP contribution in [0.5, 0.6) is 0 Å². The highest BCUT2D eigenvalue weighted by Gasteiger charge is 2.25. The Balaban J connectivity index is 2.23. The van der Waals surface area contributed by atoms with Crippen molar-refractivity contribution in [2.75, 3.05) is 18.8 Å². The van der Waals surface area contributed by atoms with Crippen LogP contribution in [0.3, 0.4) is 0 Å². The van der Waals surface area contributed by atoms with Crippen LogP contribution in [0.25, 0.3) is 0 Å². The molecule has 110 valence electrons. The van der Waals surface area contributed by atoms with Crippen molar-refractivity contribution in [3.63, 3.8) is 0 Å². The molecule has 0 unspecified atom stereocenters. The minimum atomic E-state index is -0.971. The maximum atomic E-state index is 13.8. The Hall–Kier alpha value is -1.30. The predicted octanol–water partition coefficient (Wildman–Crippen LogP) is 2.26. The average molecular weight is 301 g/mol. The Bertz CT molecular complexity index is 562. The van der Waals surface area contributed by atoms with Gasteiger partial charge in [0, 0.05) is 34.9 Å². The van der Waals surface area contributed by atoms with Gasteiger partial charge in [-0.05, 0) is 31.0 Å². The highest BCUT2D eigenvalue weighted by molar-refractivity contribution is 7.85. The molecule has 0 radical (unpaired) electrons. The summed E-state index contributed by atoms with van der Waals surface area (Å²) < 4.78 is 39.0. The van der Waals surface area contributed by atoms with Gasteiger partial charge in [-0.15, -0.1) is 0 Å². The number of rotatable bonds is 1. The minimum absolute atomic E-state index is 0.0207. The second-order valence-electron chi connectivity index (χ2n) is 5.06. The van der Waals surface area contributed by atoms with Crippen LogP contribution in [0.1, 0.15) is 29.3 Å². The number of carbonyl (C=O) groups excluding carboxylic acids is 1. The van der Waals surface area contributed by atoms with E-state index in [0.29, 0.717) is 25.3 Å². The van der Waals surface area contributed by atoms with Crippen molar-refractivity contribution in [1.82, 2.24) is 4.90 Å². The topological polar surface area (TPSA) is 37.4 Å². The molecular weight excluding hydrogens is 284 g/mol. The Morgan fingerprint density at radius 2 is 2.00 bits per heavy atom. The van der Waals surface area contributed by atoms with Gasteiger partial charge in [0.25, 0.3) is 5.91 Å². The van der Waals surface area contributed by atoms with Crippen LogP contribution in [0.2, 0.25) is 0 Å². The number of nitrogens with zero attached hydrogens (tertiary/aromatic N) is 1. The molecule has 20 heavy (non-hydrogen) atoms. The summed E-state index contributed by atoms with van der Waals surface area (Å²) in [5.41, 5.74) is -0.0851. The molecule has 1 heterocycles. The van der Waals surface area contributed by atoms with Crippen LogP contribution in [-0.2, 0) is 10.8 Å². The van der Waals surface area contributed by atoms with E-state index < -0.39 is 28.3 Å². The molecule has 2 atom stereocenters. The van der Waals surface area contributed by atoms with Crippen LogP contribution >= 0.6 is 0 Å². The first-order chi connectivity index (χ1) is 9.40. The Kier molecular flexibility index (Phi) is 4.52. The molecule has 0 bridgehead atoms. The van der Waals surface area contributed by atoms with E-state index in [-0.39, 0.29) is 16.4 Å². The predicted molar refractivity (Wildman–Crippen MR) is 74.1 cm³/mol. The number of benzene rings is 1. The lowest BCUT2D eigenvalue weighted by molar-refractivity contribution is 0.0761. The van der Waals surface area contributed by atoms with Crippen molar-refractivity contribution >= 4 is 16.7 Å². The highest BCUT2D eigenvalue weighted by Crippen LogP contribution is 2.18. The van der Waals surface area contributed by atoms with Crippen molar-refractivity contribution in [3.05, 3.63) is 34.9 Å². The number of halogens is 2. The largest absolute Gasteiger partial charge is 0.338 e. The summed E-state index contributed by atoms with van der Waals surface area (Å²) >= 11 is 0. The van der Waals surface area contributed by atoms with E-state index >= 15 is 0 Å². The molecule has 0 N–H and O–H groups in total. The molecule has 2 rings (SSSR count). The van der Waals surface area contributed by atoms with Gasteiger partial charge in [0.15, 0.2) is 0 Å². The fraction of sp³-hybridized carbons (Fsp3) is 0.500. The fourth-order valence-corrected chi connectivity index (χ4v) is 3.34. The quantitative estimate of drug-likeness (QED) is 0.798. The zero-order chi connectivity index (χ0) is 14.9. The van der Waals surface area contributed by atoms with Gasteiger partial charge in [0.2, 0.25) is 0 Å². The van der Waals surface area contributed by atoms with Crippen LogP contribution in [0, 0.1) is 18.6 Å². The van der Waals surface area contributed by atoms with Crippen molar-refractivity contribution in [2.45, 2.75) is 25.5 Å². The van der Waals surface area contributed by atoms with E-state index in [9.17, 15) is 17.8 Å². The third kappa shape index (κ3) is 3.06. The number of aryl methyl sites for hydroxylation is 1. The molecule has 1 saturated heterocycles. The van der Waals surface area contributed by atoms with Crippen molar-refractivity contribution < 1.29 is 17.8 Å². The maximum Gasteiger partial charge on any atom is 0.256 e. The number of amides is 1. The van der Waals surface area contributed by atoms with Gasteiger partial charge in [-0.1, -0.05) is 6.92 Å². The second-order valence-corrected chi connectivity index (χ2v) is 7.03. The normalized spacial score (nSPS) is 23.5. The lowest BCUT2D eigenvalue weighted by Gasteiger charge is -2.20. The van der Waals surface area contributed by atoms with E-state index in [1.165, 1.54) is 11.8 Å². The van der Waals surface area contributed by atoms with Gasteiger partial charge >= 0.3 is 0 Å². The van der Waals surface area contributed by atoms with Gasteiger partial charge in [0.05, 0.1) is 5.56 Å². The molecule has 0 spiro atoms. The smallest absolute Gasteiger partial charge is 0.256 e. The number of carbonyl (C=O) groups is 1. The van der Waals surface area contributed by atoms with E-state index in [0.717, 1.165) is 12.1 Å². The average Bonchev–Trinajstić information content (AvgIpc) is 2.56. The van der Waals surface area contributed by atoms with Gasteiger partial charge < -0.3 is 4.90 Å². The van der Waals surface area contributed by atoms with E-state index in [1.807, 2.05) is 6.92 Å². The van der Waals surface area contributed by atoms with E-state index in [4.69, 9.17) is 0 Å². The molecule has 1 aliphatic heterocycles. The summed E-state index contributed by atoms with van der Waals surface area (Å²) in [4.78, 5) is 13.7. The summed E-state index contributed by atoms with van der Waals surface area (Å²) in [7, 11) is -0.971. The summed E-state index contributed by atoms with van der Waals surface area (Å²) in [6.45, 7) is 4.05. The number of hydrogen-bond donors (Lipinski definition) is 0. The summed E-state index contributed by atoms with van der Waals surface area (Å²) in [6.07, 6.45) is 0.605. The lowest BCUT2D eigenvalue weighted by atomic mass is 10.1. The second kappa shape index (κ2) is 5.99. The summed E-state index contributed by atoms with van der Waals surface area (Å²) in [5, 5.41) is 0.0207. The Labute approximate surface area is 119 Å². The molecule has 3 nitrogen and oxygen atoms in total. The summed E-state index contributed by atoms with van der Waals surface area (Å²) in [6, 6.07) is 1.97. The zero-order valence-corrected chi connectivity index (χ0v) is 12.3. The molecule has 0 aliphatic carbocycles. The van der Waals surface area contributed by atoms with Crippen molar-refractivity contribution in [3.8, 4) is 0 Å². The van der Waals surface area contributed by atoms with Gasteiger partial charge in [-0.25, -0.2) is 8.78 Å². The Morgan fingerprint density at radius 1 is 1.30 bits per heavy atom. The molecule has 1 amide bonds. The lowest BCUT2D eigenvalue weighted by Crippen LogP contribution is -2.34. The molecule has 1 aromatic rings. The highest BCUT2D eigenvalue weighted by atomic mass is 32.2. The fourth-order valence-electron chi connectivity index (χ4n) is 2.17. The van der Waals surface area contributed by atoms with Crippen LogP contribution in [0.15, 0.2) is 12.1 Å². The van der Waals surface area contributed by atoms with E-state index in [1.54, 1.807) is 0 Å². The monoisotopic (exact) mass is 301 g/mol. The number of hydrogen-bond acceptors (Lipinski definition) is 2. The SMILES string of the molecule is Cc1cc(F)c(C(=O)N2CC[C@H](C)[S@@](=O)CC2)cc1F. The molecule has 1 aromatic carbocycles. The minimum Gasteiger partial charge on any atom is -0.338 e. The maximum absolute atomic E-state index is 13.8. The molecule has 1 fully saturated rings. The standard InChI is InChI=1S/C14H17F2NO2S/c1-9-7-13(16)11(8-12(9)15)14(18)17-4-3-10(2)20(19)6-5-17/h7-8,10H,3-6H2,1-2H3/t10-,20-/m0/s1. The van der Waals surface area contributed by atoms with Crippen molar-refractivity contribution in [1.29, 1.82) is 0 Å². The first kappa shape index (κ1) is 15.1. The molecule has 1 aliphatic rings. The first-order valence-corrected chi connectivity index (χ1v) is 7.90. The van der Waals surface area contributed by atoms with Crippen LogP contribution < -0.4 is 0 Å². The van der Waals surface area contributed by atoms with Crippen LogP contribution in [0.4, 0.5) is 8.78 Å². The van der Waals surface area contributed by atoms with Gasteiger partial charge in [0.1, 0.15) is 11.6 Å². The van der Waals surface area contributed by atoms with Crippen LogP contribution in [-0.4, -0.2) is 39.1 Å². The van der Waals surface area contributed by atoms with Gasteiger partial charge in [-0.3, -0.25) is 9.00 Å². The molecular formula is C14H17F2NO2S. The third-order valence-corrected chi connectivity index (χ3v) is 5.30. The summed E-state index contributed by atoms with van der Waals surface area (Å²) in [5.74, 6) is -1.47. The third-order valence-electron chi connectivity index (χ3n) is 3.58. The molecule has 0 saturated carbocycles. The van der Waals surface area contributed by atoms with E-state index in [2.05, 4.69) is 0 Å². The van der Waals surface area contributed by atoms with Gasteiger partial charge in [-0.2, -0.15) is 0 Å². The molecule has 0 aromatic heterocycles.